The summed E-state index contributed by atoms with van der Waals surface area (Å²) in [6.45, 7) is 2.36. The summed E-state index contributed by atoms with van der Waals surface area (Å²) in [7, 11) is 0. The lowest BCUT2D eigenvalue weighted by Crippen LogP contribution is -2.54. The molecule has 1 aliphatic heterocycles. The van der Waals surface area contributed by atoms with E-state index in [1.54, 1.807) is 36.4 Å². The lowest BCUT2D eigenvalue weighted by atomic mass is 10.1. The number of carbonyl (C=O) groups excluding carboxylic acids is 2. The van der Waals surface area contributed by atoms with Gasteiger partial charge in [0.25, 0.3) is 11.8 Å². The van der Waals surface area contributed by atoms with Crippen LogP contribution in [0, 0.1) is 0 Å². The smallest absolute Gasteiger partial charge is 0.270 e. The molecular weight excluding hydrogens is 408 g/mol. The van der Waals surface area contributed by atoms with Gasteiger partial charge in [-0.2, -0.15) is 0 Å². The zero-order valence-corrected chi connectivity index (χ0v) is 15.5. The molecule has 0 saturated carbocycles. The molecule has 2 aromatic rings. The van der Waals surface area contributed by atoms with Crippen molar-refractivity contribution in [3.8, 4) is 5.75 Å². The number of amides is 2. The van der Waals surface area contributed by atoms with E-state index in [2.05, 4.69) is 21.2 Å². The lowest BCUT2D eigenvalue weighted by molar-refractivity contribution is -0.122. The summed E-state index contributed by atoms with van der Waals surface area (Å²) in [5.74, 6) is -0.121. The van der Waals surface area contributed by atoms with Gasteiger partial charge in [0.05, 0.1) is 12.3 Å². The molecule has 0 radical (unpaired) electrons. The molecule has 0 aliphatic carbocycles. The molecule has 1 N–H and O–H groups in total. The van der Waals surface area contributed by atoms with Crippen molar-refractivity contribution in [3.63, 3.8) is 0 Å². The third-order valence-electron chi connectivity index (χ3n) is 3.37. The van der Waals surface area contributed by atoms with Gasteiger partial charge >= 0.3 is 0 Å². The average molecular weight is 421 g/mol. The van der Waals surface area contributed by atoms with Gasteiger partial charge in [0.15, 0.2) is 9.78 Å². The maximum Gasteiger partial charge on any atom is 0.270 e. The van der Waals surface area contributed by atoms with Crippen molar-refractivity contribution in [2.75, 3.05) is 11.5 Å². The highest BCUT2D eigenvalue weighted by Crippen LogP contribution is 2.26. The number of nitrogens with zero attached hydrogens (tertiary/aromatic N) is 1. The maximum absolute atomic E-state index is 12.8. The number of rotatable bonds is 4. The Kier molecular flexibility index (Phi) is 5.00. The summed E-state index contributed by atoms with van der Waals surface area (Å²) < 4.78 is 11.3. The highest BCUT2D eigenvalue weighted by Gasteiger charge is 2.34. The number of thiocarbonyl (C=S) groups is 1. The van der Waals surface area contributed by atoms with Gasteiger partial charge in [-0.1, -0.05) is 6.07 Å². The predicted octanol–water partition coefficient (Wildman–Crippen LogP) is 3.27. The van der Waals surface area contributed by atoms with Gasteiger partial charge in [-0.3, -0.25) is 19.8 Å². The van der Waals surface area contributed by atoms with E-state index in [0.717, 1.165) is 0 Å². The van der Waals surface area contributed by atoms with E-state index in [9.17, 15) is 9.59 Å². The highest BCUT2D eigenvalue weighted by molar-refractivity contribution is 9.10. The Morgan fingerprint density at radius 2 is 2.12 bits per heavy atom. The normalized spacial score (nSPS) is 16.3. The summed E-state index contributed by atoms with van der Waals surface area (Å²) in [4.78, 5) is 26.3. The third kappa shape index (κ3) is 3.64. The monoisotopic (exact) mass is 420 g/mol. The molecule has 0 atom stereocenters. The van der Waals surface area contributed by atoms with Crippen LogP contribution < -0.4 is 15.0 Å². The Balaban J connectivity index is 1.98. The van der Waals surface area contributed by atoms with Gasteiger partial charge in [-0.15, -0.1) is 0 Å². The molecule has 1 saturated heterocycles. The van der Waals surface area contributed by atoms with Crippen molar-refractivity contribution in [1.82, 2.24) is 5.32 Å². The molecule has 1 aromatic heterocycles. The van der Waals surface area contributed by atoms with Gasteiger partial charge in [-0.05, 0) is 65.4 Å². The fraction of sp³-hybridized carbons (Fsp3) is 0.118. The van der Waals surface area contributed by atoms with Gasteiger partial charge in [0.2, 0.25) is 0 Å². The van der Waals surface area contributed by atoms with Gasteiger partial charge in [-0.25, -0.2) is 0 Å². The van der Waals surface area contributed by atoms with Crippen molar-refractivity contribution in [2.45, 2.75) is 6.92 Å². The zero-order valence-electron chi connectivity index (χ0n) is 13.1. The van der Waals surface area contributed by atoms with Crippen LogP contribution in [0.15, 0.2) is 51.1 Å². The Labute approximate surface area is 157 Å². The number of hydrogen-bond acceptors (Lipinski definition) is 5. The summed E-state index contributed by atoms with van der Waals surface area (Å²) in [5.41, 5.74) is 0.435. The van der Waals surface area contributed by atoms with Crippen molar-refractivity contribution >= 4 is 56.8 Å². The Bertz CT molecular complexity index is 890. The first-order valence-corrected chi connectivity index (χ1v) is 8.59. The SMILES string of the molecule is CCOc1cccc(N2C(=O)/C(=C\c3ccc(Br)o3)C(=O)NC2=S)c1. The van der Waals surface area contributed by atoms with Crippen LogP contribution in [0.4, 0.5) is 5.69 Å². The summed E-state index contributed by atoms with van der Waals surface area (Å²) in [5, 5.41) is 2.54. The van der Waals surface area contributed by atoms with Crippen LogP contribution >= 0.6 is 28.1 Å². The van der Waals surface area contributed by atoms with Crippen LogP contribution in [0.3, 0.4) is 0 Å². The molecule has 2 heterocycles. The molecule has 25 heavy (non-hydrogen) atoms. The summed E-state index contributed by atoms with van der Waals surface area (Å²) in [6, 6.07) is 10.2. The molecular formula is C17H13BrN2O4S. The number of nitrogens with one attached hydrogen (secondary N) is 1. The van der Waals surface area contributed by atoms with Crippen molar-refractivity contribution in [3.05, 3.63) is 52.4 Å². The molecule has 0 spiro atoms. The number of ether oxygens (including phenoxy) is 1. The number of carbonyl (C=O) groups is 2. The van der Waals surface area contributed by atoms with E-state index >= 15 is 0 Å². The zero-order chi connectivity index (χ0) is 18.0. The Morgan fingerprint density at radius 1 is 1.32 bits per heavy atom. The van der Waals surface area contributed by atoms with E-state index < -0.39 is 11.8 Å². The molecule has 1 aliphatic rings. The van der Waals surface area contributed by atoms with Crippen LogP contribution in [-0.4, -0.2) is 23.5 Å². The minimum Gasteiger partial charge on any atom is -0.494 e. The number of halogens is 1. The minimum atomic E-state index is -0.570. The quantitative estimate of drug-likeness (QED) is 0.466. The maximum atomic E-state index is 12.8. The second kappa shape index (κ2) is 7.20. The topological polar surface area (TPSA) is 71.8 Å². The molecule has 6 nitrogen and oxygen atoms in total. The highest BCUT2D eigenvalue weighted by atomic mass is 79.9. The first-order chi connectivity index (χ1) is 12.0. The fourth-order valence-electron chi connectivity index (χ4n) is 2.32. The molecule has 1 fully saturated rings. The molecule has 1 aromatic carbocycles. The Morgan fingerprint density at radius 3 is 2.80 bits per heavy atom. The van der Waals surface area contributed by atoms with E-state index in [1.165, 1.54) is 11.0 Å². The second-order valence-corrected chi connectivity index (χ2v) is 6.20. The van der Waals surface area contributed by atoms with E-state index in [-0.39, 0.29) is 10.7 Å². The van der Waals surface area contributed by atoms with Crippen molar-refractivity contribution < 1.29 is 18.7 Å². The molecule has 3 rings (SSSR count). The van der Waals surface area contributed by atoms with E-state index in [0.29, 0.717) is 28.5 Å². The summed E-state index contributed by atoms with van der Waals surface area (Å²) in [6.07, 6.45) is 1.38. The lowest BCUT2D eigenvalue weighted by Gasteiger charge is -2.29. The van der Waals surface area contributed by atoms with Crippen LogP contribution in [0.1, 0.15) is 12.7 Å². The van der Waals surface area contributed by atoms with Crippen LogP contribution in [-0.2, 0) is 9.59 Å². The Hall–Kier alpha value is -2.45. The molecule has 0 bridgehead atoms. The van der Waals surface area contributed by atoms with Gasteiger partial charge in [0, 0.05) is 6.07 Å². The van der Waals surface area contributed by atoms with E-state index in [4.69, 9.17) is 21.4 Å². The number of anilines is 1. The number of furan rings is 1. The molecule has 128 valence electrons. The molecule has 8 heteroatoms. The van der Waals surface area contributed by atoms with Crippen molar-refractivity contribution in [1.29, 1.82) is 0 Å². The van der Waals surface area contributed by atoms with E-state index in [1.807, 2.05) is 6.92 Å². The van der Waals surface area contributed by atoms with Crippen LogP contribution in [0.2, 0.25) is 0 Å². The van der Waals surface area contributed by atoms with Crippen LogP contribution in [0.5, 0.6) is 5.75 Å². The second-order valence-electron chi connectivity index (χ2n) is 5.03. The standard InChI is InChI=1S/C17H13BrN2O4S/c1-2-23-11-5-3-4-10(8-11)20-16(22)13(15(21)19-17(20)25)9-12-6-7-14(18)24-12/h3-9H,2H2,1H3,(H,19,21,25)/b13-9-. The minimum absolute atomic E-state index is 0.0152. The van der Waals surface area contributed by atoms with Crippen LogP contribution in [0.25, 0.3) is 6.08 Å². The fourth-order valence-corrected chi connectivity index (χ4v) is 2.92. The summed E-state index contributed by atoms with van der Waals surface area (Å²) >= 11 is 8.35. The van der Waals surface area contributed by atoms with Crippen molar-refractivity contribution in [2.24, 2.45) is 0 Å². The first-order valence-electron chi connectivity index (χ1n) is 7.39. The number of benzene rings is 1. The molecule has 0 unspecified atom stereocenters. The average Bonchev–Trinajstić information content (AvgIpc) is 2.97. The van der Waals surface area contributed by atoms with Gasteiger partial charge < -0.3 is 9.15 Å². The first kappa shape index (κ1) is 17.4. The van der Waals surface area contributed by atoms with Gasteiger partial charge in [0.1, 0.15) is 17.1 Å². The molecule has 2 amide bonds. The largest absolute Gasteiger partial charge is 0.494 e. The third-order valence-corrected chi connectivity index (χ3v) is 4.08. The predicted molar refractivity (Wildman–Crippen MR) is 100 cm³/mol. The number of hydrogen-bond donors (Lipinski definition) is 1.